The molecule has 0 atom stereocenters. The van der Waals surface area contributed by atoms with Crippen molar-refractivity contribution >= 4 is 0 Å². The summed E-state index contributed by atoms with van der Waals surface area (Å²) in [5, 5.41) is 0. The SMILES string of the molecule is C=CC/C(F)=C(C)\C=C/C. The second kappa shape index (κ2) is 4.98. The maximum absolute atomic E-state index is 12.7. The van der Waals surface area contributed by atoms with E-state index in [-0.39, 0.29) is 5.83 Å². The Labute approximate surface area is 61.8 Å². The number of allylic oxidation sites excluding steroid dienone is 5. The highest BCUT2D eigenvalue weighted by molar-refractivity contribution is 5.20. The summed E-state index contributed by atoms with van der Waals surface area (Å²) < 4.78 is 12.7. The van der Waals surface area contributed by atoms with Crippen molar-refractivity contribution in [1.82, 2.24) is 0 Å². The van der Waals surface area contributed by atoms with Crippen LogP contribution in [0.25, 0.3) is 0 Å². The normalized spacial score (nSPS) is 13.5. The molecule has 0 aromatic rings. The Morgan fingerprint density at radius 2 is 2.20 bits per heavy atom. The minimum atomic E-state index is -0.104. The fourth-order valence-corrected chi connectivity index (χ4v) is 0.628. The summed E-state index contributed by atoms with van der Waals surface area (Å²) in [4.78, 5) is 0. The standard InChI is InChI=1S/C9H13F/c1-4-6-8(3)9(10)7-5-2/h4-6H,2,7H2,1,3H3/b6-4-,9-8+. The van der Waals surface area contributed by atoms with Gasteiger partial charge in [0, 0.05) is 6.42 Å². The molecule has 0 rings (SSSR count). The Balaban J connectivity index is 4.17. The van der Waals surface area contributed by atoms with Gasteiger partial charge >= 0.3 is 0 Å². The summed E-state index contributed by atoms with van der Waals surface area (Å²) in [6, 6.07) is 0. The minimum Gasteiger partial charge on any atom is -0.211 e. The molecule has 1 heteroatoms. The van der Waals surface area contributed by atoms with Crippen molar-refractivity contribution in [2.45, 2.75) is 20.3 Å². The van der Waals surface area contributed by atoms with Crippen molar-refractivity contribution in [2.75, 3.05) is 0 Å². The molecule has 0 unspecified atom stereocenters. The molecule has 56 valence electrons. The zero-order valence-electron chi connectivity index (χ0n) is 6.52. The van der Waals surface area contributed by atoms with E-state index in [4.69, 9.17) is 0 Å². The summed E-state index contributed by atoms with van der Waals surface area (Å²) >= 11 is 0. The van der Waals surface area contributed by atoms with E-state index in [0.717, 1.165) is 0 Å². The second-order valence-corrected chi connectivity index (χ2v) is 2.08. The molecular weight excluding hydrogens is 127 g/mol. The number of halogens is 1. The molecular formula is C9H13F. The fourth-order valence-electron chi connectivity index (χ4n) is 0.628. The molecule has 0 saturated carbocycles. The van der Waals surface area contributed by atoms with Crippen LogP contribution in [0.1, 0.15) is 20.3 Å². The first kappa shape index (κ1) is 9.15. The lowest BCUT2D eigenvalue weighted by molar-refractivity contribution is 0.609. The van der Waals surface area contributed by atoms with Crippen LogP contribution in [0.3, 0.4) is 0 Å². The third kappa shape index (κ3) is 3.23. The first-order chi connectivity index (χ1) is 4.72. The van der Waals surface area contributed by atoms with Crippen molar-refractivity contribution in [3.05, 3.63) is 36.2 Å². The van der Waals surface area contributed by atoms with Crippen molar-refractivity contribution in [1.29, 1.82) is 0 Å². The third-order valence-corrected chi connectivity index (χ3v) is 1.17. The maximum Gasteiger partial charge on any atom is 0.107 e. The average molecular weight is 140 g/mol. The van der Waals surface area contributed by atoms with E-state index in [1.165, 1.54) is 0 Å². The van der Waals surface area contributed by atoms with Gasteiger partial charge in [-0.25, -0.2) is 4.39 Å². The minimum absolute atomic E-state index is 0.104. The summed E-state index contributed by atoms with van der Waals surface area (Å²) in [6.45, 7) is 7.06. The largest absolute Gasteiger partial charge is 0.211 e. The molecule has 0 aliphatic heterocycles. The maximum atomic E-state index is 12.7. The molecule has 0 bridgehead atoms. The molecule has 0 amide bonds. The monoisotopic (exact) mass is 140 g/mol. The van der Waals surface area contributed by atoms with Crippen LogP contribution in [0.2, 0.25) is 0 Å². The van der Waals surface area contributed by atoms with Gasteiger partial charge in [-0.15, -0.1) is 6.58 Å². The lowest BCUT2D eigenvalue weighted by Crippen LogP contribution is -1.75. The molecule has 0 aromatic heterocycles. The van der Waals surface area contributed by atoms with Gasteiger partial charge in [0.05, 0.1) is 0 Å². The van der Waals surface area contributed by atoms with Gasteiger partial charge < -0.3 is 0 Å². The molecule has 0 heterocycles. The molecule has 0 aliphatic rings. The molecule has 0 saturated heterocycles. The van der Waals surface area contributed by atoms with E-state index in [1.807, 2.05) is 13.0 Å². The average Bonchev–Trinajstić information content (AvgIpc) is 1.89. The van der Waals surface area contributed by atoms with E-state index in [9.17, 15) is 4.39 Å². The number of hydrogen-bond acceptors (Lipinski definition) is 0. The lowest BCUT2D eigenvalue weighted by Gasteiger charge is -1.93. The second-order valence-electron chi connectivity index (χ2n) is 2.08. The molecule has 0 spiro atoms. The highest BCUT2D eigenvalue weighted by atomic mass is 19.1. The van der Waals surface area contributed by atoms with Gasteiger partial charge in [-0.1, -0.05) is 18.2 Å². The van der Waals surface area contributed by atoms with Crippen LogP contribution in [-0.4, -0.2) is 0 Å². The summed E-state index contributed by atoms with van der Waals surface area (Å²) in [5.41, 5.74) is 0.683. The first-order valence-corrected chi connectivity index (χ1v) is 3.31. The van der Waals surface area contributed by atoms with E-state index in [1.54, 1.807) is 19.1 Å². The van der Waals surface area contributed by atoms with Crippen LogP contribution in [-0.2, 0) is 0 Å². The Hall–Kier alpha value is -0.850. The van der Waals surface area contributed by atoms with Crippen molar-refractivity contribution in [3.8, 4) is 0 Å². The van der Waals surface area contributed by atoms with Gasteiger partial charge in [0.1, 0.15) is 5.83 Å². The topological polar surface area (TPSA) is 0 Å². The van der Waals surface area contributed by atoms with Crippen LogP contribution in [0, 0.1) is 0 Å². The van der Waals surface area contributed by atoms with Gasteiger partial charge in [0.15, 0.2) is 0 Å². The molecule has 10 heavy (non-hydrogen) atoms. The van der Waals surface area contributed by atoms with E-state index in [0.29, 0.717) is 12.0 Å². The molecule has 0 nitrogen and oxygen atoms in total. The predicted octanol–water partition coefficient (Wildman–Crippen LogP) is 3.38. The van der Waals surface area contributed by atoms with Gasteiger partial charge in [0.2, 0.25) is 0 Å². The van der Waals surface area contributed by atoms with Gasteiger partial charge in [-0.05, 0) is 19.4 Å². The van der Waals surface area contributed by atoms with Crippen LogP contribution < -0.4 is 0 Å². The third-order valence-electron chi connectivity index (χ3n) is 1.17. The summed E-state index contributed by atoms with van der Waals surface area (Å²) in [6.07, 6.45) is 5.45. The van der Waals surface area contributed by atoms with Crippen molar-refractivity contribution in [2.24, 2.45) is 0 Å². The van der Waals surface area contributed by atoms with Gasteiger partial charge in [-0.3, -0.25) is 0 Å². The Bertz CT molecular complexity index is 164. The van der Waals surface area contributed by atoms with E-state index in [2.05, 4.69) is 6.58 Å². The van der Waals surface area contributed by atoms with Crippen LogP contribution in [0.15, 0.2) is 36.2 Å². The van der Waals surface area contributed by atoms with E-state index < -0.39 is 0 Å². The zero-order valence-corrected chi connectivity index (χ0v) is 6.52. The molecule has 0 N–H and O–H groups in total. The molecule has 0 radical (unpaired) electrons. The van der Waals surface area contributed by atoms with Crippen LogP contribution in [0.5, 0.6) is 0 Å². The number of hydrogen-bond donors (Lipinski definition) is 0. The van der Waals surface area contributed by atoms with Crippen LogP contribution >= 0.6 is 0 Å². The quantitative estimate of drug-likeness (QED) is 0.416. The zero-order chi connectivity index (χ0) is 7.98. The number of rotatable bonds is 3. The van der Waals surface area contributed by atoms with Crippen LogP contribution in [0.4, 0.5) is 4.39 Å². The van der Waals surface area contributed by atoms with E-state index >= 15 is 0 Å². The van der Waals surface area contributed by atoms with Gasteiger partial charge in [-0.2, -0.15) is 0 Å². The Morgan fingerprint density at radius 1 is 1.60 bits per heavy atom. The Kier molecular flexibility index (Phi) is 4.55. The molecule has 0 aromatic carbocycles. The van der Waals surface area contributed by atoms with Crippen molar-refractivity contribution in [3.63, 3.8) is 0 Å². The predicted molar refractivity (Wildman–Crippen MR) is 43.4 cm³/mol. The lowest BCUT2D eigenvalue weighted by atomic mass is 10.2. The molecule has 0 aliphatic carbocycles. The smallest absolute Gasteiger partial charge is 0.107 e. The first-order valence-electron chi connectivity index (χ1n) is 3.31. The molecule has 0 fully saturated rings. The van der Waals surface area contributed by atoms with Crippen molar-refractivity contribution < 1.29 is 4.39 Å². The summed E-state index contributed by atoms with van der Waals surface area (Å²) in [7, 11) is 0. The highest BCUT2D eigenvalue weighted by Crippen LogP contribution is 2.11. The highest BCUT2D eigenvalue weighted by Gasteiger charge is 1.93. The van der Waals surface area contributed by atoms with Gasteiger partial charge in [0.25, 0.3) is 0 Å². The Morgan fingerprint density at radius 3 is 2.60 bits per heavy atom. The fraction of sp³-hybridized carbons (Fsp3) is 0.333. The summed E-state index contributed by atoms with van der Waals surface area (Å²) in [5.74, 6) is -0.104.